The lowest BCUT2D eigenvalue weighted by Crippen LogP contribution is -2.35. The molecule has 37 heavy (non-hydrogen) atoms. The predicted molar refractivity (Wildman–Crippen MR) is 140 cm³/mol. The van der Waals surface area contributed by atoms with E-state index >= 15 is 0 Å². The number of aryl methyl sites for hydroxylation is 2. The summed E-state index contributed by atoms with van der Waals surface area (Å²) < 4.78 is 35.6. The van der Waals surface area contributed by atoms with Gasteiger partial charge < -0.3 is 9.30 Å². The van der Waals surface area contributed by atoms with Crippen LogP contribution in [0.3, 0.4) is 0 Å². The lowest BCUT2D eigenvalue weighted by Gasteiger charge is -2.30. The van der Waals surface area contributed by atoms with Gasteiger partial charge in [0.1, 0.15) is 5.52 Å². The van der Waals surface area contributed by atoms with Crippen LogP contribution in [-0.2, 0) is 23.5 Å². The molecule has 0 spiro atoms. The Morgan fingerprint density at radius 3 is 2.57 bits per heavy atom. The third-order valence-corrected chi connectivity index (χ3v) is 9.14. The molecule has 0 aliphatic carbocycles. The number of non-ortho nitro benzene ring substituents is 1. The normalized spacial score (nSPS) is 14.0. The van der Waals surface area contributed by atoms with E-state index in [9.17, 15) is 23.3 Å². The quantitative estimate of drug-likeness (QED) is 0.279. The molecule has 0 unspecified atom stereocenters. The number of nitro groups is 1. The molecule has 0 bridgehead atoms. The van der Waals surface area contributed by atoms with Gasteiger partial charge in [-0.05, 0) is 48.7 Å². The molecule has 0 fully saturated rings. The Hall–Kier alpha value is -4.03. The maximum Gasteiger partial charge on any atom is 0.279 e. The summed E-state index contributed by atoms with van der Waals surface area (Å²) in [6, 6.07) is 15.9. The molecule has 5 rings (SSSR count). The van der Waals surface area contributed by atoms with Crippen molar-refractivity contribution in [2.75, 3.05) is 18.0 Å². The maximum absolute atomic E-state index is 13.4. The zero-order valence-electron chi connectivity index (χ0n) is 19.9. The van der Waals surface area contributed by atoms with Gasteiger partial charge in [0.15, 0.2) is 10.6 Å². The molecule has 4 aromatic rings. The van der Waals surface area contributed by atoms with Crippen molar-refractivity contribution >= 4 is 48.9 Å². The van der Waals surface area contributed by atoms with E-state index in [1.165, 1.54) is 47.8 Å². The van der Waals surface area contributed by atoms with E-state index in [-0.39, 0.29) is 16.1 Å². The minimum Gasteiger partial charge on any atom is -0.494 e. The summed E-state index contributed by atoms with van der Waals surface area (Å²) in [4.78, 5) is 28.3. The molecule has 10 nitrogen and oxygen atoms in total. The molecule has 1 amide bonds. The minimum atomic E-state index is -3.80. The summed E-state index contributed by atoms with van der Waals surface area (Å²) >= 11 is 1.12. The Kier molecular flexibility index (Phi) is 6.30. The van der Waals surface area contributed by atoms with Crippen molar-refractivity contribution in [3.8, 4) is 5.75 Å². The lowest BCUT2D eigenvalue weighted by atomic mass is 10.0. The SMILES string of the molecule is COc1cc([N+](=O)[O-])cc2sc(=NC(=O)c3ccc(S(=O)(=O)N4CCCc5ccccc54)cc3)n(C)c12. The molecule has 1 aliphatic rings. The van der Waals surface area contributed by atoms with Crippen LogP contribution in [0, 0.1) is 10.1 Å². The van der Waals surface area contributed by atoms with Crippen molar-refractivity contribution in [3.05, 3.63) is 86.7 Å². The third kappa shape index (κ3) is 4.38. The molecule has 1 aromatic heterocycles. The number of hydrogen-bond acceptors (Lipinski definition) is 7. The Labute approximate surface area is 216 Å². The number of methoxy groups -OCH3 is 1. The van der Waals surface area contributed by atoms with E-state index in [2.05, 4.69) is 4.99 Å². The average Bonchev–Trinajstić information content (AvgIpc) is 3.22. The number of aromatic nitrogens is 1. The molecule has 190 valence electrons. The van der Waals surface area contributed by atoms with Crippen LogP contribution in [0.2, 0.25) is 0 Å². The highest BCUT2D eigenvalue weighted by molar-refractivity contribution is 7.92. The van der Waals surface area contributed by atoms with Gasteiger partial charge in [-0.25, -0.2) is 8.42 Å². The van der Waals surface area contributed by atoms with Crippen LogP contribution < -0.4 is 13.8 Å². The average molecular weight is 539 g/mol. The summed E-state index contributed by atoms with van der Waals surface area (Å²) in [6.45, 7) is 0.388. The molecule has 2 heterocycles. The number of benzene rings is 3. The number of hydrogen-bond donors (Lipinski definition) is 0. The first-order chi connectivity index (χ1) is 17.7. The smallest absolute Gasteiger partial charge is 0.279 e. The fraction of sp³-hybridized carbons (Fsp3) is 0.200. The van der Waals surface area contributed by atoms with Crippen LogP contribution in [0.5, 0.6) is 5.75 Å². The topological polar surface area (TPSA) is 124 Å². The first-order valence-corrected chi connectivity index (χ1v) is 13.6. The number of nitro benzene ring substituents is 1. The van der Waals surface area contributed by atoms with Crippen molar-refractivity contribution < 1.29 is 22.9 Å². The third-order valence-electron chi connectivity index (χ3n) is 6.23. The molecule has 1 aliphatic heterocycles. The van der Waals surface area contributed by atoms with Crippen LogP contribution in [0.15, 0.2) is 70.6 Å². The standard InChI is InChI=1S/C25H22N4O6S2/c1-27-23-21(35-2)14-18(29(31)32)15-22(23)36-25(27)26-24(30)17-9-11-19(12-10-17)37(33,34)28-13-5-7-16-6-3-4-8-20(16)28/h3-4,6,8-12,14-15H,5,7,13H2,1-2H3. The largest absolute Gasteiger partial charge is 0.494 e. The van der Waals surface area contributed by atoms with E-state index in [0.29, 0.717) is 33.0 Å². The second-order valence-electron chi connectivity index (χ2n) is 8.45. The van der Waals surface area contributed by atoms with Gasteiger partial charge in [0, 0.05) is 25.2 Å². The molecule has 0 N–H and O–H groups in total. The number of amides is 1. The van der Waals surface area contributed by atoms with Gasteiger partial charge >= 0.3 is 0 Å². The molecular formula is C25H22N4O6S2. The van der Waals surface area contributed by atoms with Gasteiger partial charge in [0.2, 0.25) is 0 Å². The Morgan fingerprint density at radius 2 is 1.86 bits per heavy atom. The minimum absolute atomic E-state index is 0.0882. The number of anilines is 1. The van der Waals surface area contributed by atoms with Crippen molar-refractivity contribution in [1.29, 1.82) is 0 Å². The number of nitrogens with zero attached hydrogens (tertiary/aromatic N) is 4. The van der Waals surface area contributed by atoms with Gasteiger partial charge in [-0.2, -0.15) is 4.99 Å². The van der Waals surface area contributed by atoms with Gasteiger partial charge in [0.05, 0.1) is 33.4 Å². The maximum atomic E-state index is 13.4. The number of carbonyl (C=O) groups is 1. The summed E-state index contributed by atoms with van der Waals surface area (Å²) in [5.74, 6) is -0.270. The molecule has 0 saturated carbocycles. The zero-order valence-corrected chi connectivity index (χ0v) is 21.6. The number of para-hydroxylation sites is 1. The van der Waals surface area contributed by atoms with Crippen LogP contribution >= 0.6 is 11.3 Å². The molecule has 12 heteroatoms. The molecule has 0 radical (unpaired) electrons. The number of ether oxygens (including phenoxy) is 1. The summed E-state index contributed by atoms with van der Waals surface area (Å²) in [5.41, 5.74) is 2.33. The zero-order chi connectivity index (χ0) is 26.3. The number of carbonyl (C=O) groups excluding carboxylic acids is 1. The lowest BCUT2D eigenvalue weighted by molar-refractivity contribution is -0.384. The summed E-state index contributed by atoms with van der Waals surface area (Å²) in [6.07, 6.45) is 1.55. The van der Waals surface area contributed by atoms with Crippen LogP contribution in [0.1, 0.15) is 22.3 Å². The molecule has 3 aromatic carbocycles. The fourth-order valence-corrected chi connectivity index (χ4v) is 7.00. The Morgan fingerprint density at radius 1 is 1.14 bits per heavy atom. The molecular weight excluding hydrogens is 516 g/mol. The van der Waals surface area contributed by atoms with E-state index in [1.54, 1.807) is 17.7 Å². The Balaban J connectivity index is 1.47. The first-order valence-electron chi connectivity index (χ1n) is 11.3. The number of thiazole rings is 1. The summed E-state index contributed by atoms with van der Waals surface area (Å²) in [5, 5.41) is 11.3. The predicted octanol–water partition coefficient (Wildman–Crippen LogP) is 4.04. The van der Waals surface area contributed by atoms with E-state index in [0.717, 1.165) is 29.7 Å². The number of fused-ring (bicyclic) bond motifs is 2. The van der Waals surface area contributed by atoms with Crippen molar-refractivity contribution in [2.24, 2.45) is 12.0 Å². The van der Waals surface area contributed by atoms with Gasteiger partial charge in [-0.1, -0.05) is 29.5 Å². The first kappa shape index (κ1) is 24.7. The van der Waals surface area contributed by atoms with Crippen LogP contribution in [-0.4, -0.2) is 37.5 Å². The number of sulfonamides is 1. The molecule has 0 atom stereocenters. The van der Waals surface area contributed by atoms with Crippen LogP contribution in [0.25, 0.3) is 10.2 Å². The fourth-order valence-electron chi connectivity index (χ4n) is 4.40. The highest BCUT2D eigenvalue weighted by Crippen LogP contribution is 2.33. The second-order valence-corrected chi connectivity index (χ2v) is 11.3. The molecule has 0 saturated heterocycles. The van der Waals surface area contributed by atoms with E-state index < -0.39 is 20.9 Å². The highest BCUT2D eigenvalue weighted by atomic mass is 32.2. The van der Waals surface area contributed by atoms with Gasteiger partial charge in [0.25, 0.3) is 21.6 Å². The Bertz CT molecular complexity index is 1720. The monoisotopic (exact) mass is 538 g/mol. The van der Waals surface area contributed by atoms with Crippen molar-refractivity contribution in [2.45, 2.75) is 17.7 Å². The van der Waals surface area contributed by atoms with Gasteiger partial charge in [-0.15, -0.1) is 0 Å². The van der Waals surface area contributed by atoms with E-state index in [1.807, 2.05) is 18.2 Å². The van der Waals surface area contributed by atoms with Crippen molar-refractivity contribution in [1.82, 2.24) is 4.57 Å². The van der Waals surface area contributed by atoms with E-state index in [4.69, 9.17) is 4.74 Å². The number of rotatable bonds is 5. The highest BCUT2D eigenvalue weighted by Gasteiger charge is 2.29. The summed E-state index contributed by atoms with van der Waals surface area (Å²) in [7, 11) is -0.700. The van der Waals surface area contributed by atoms with Crippen molar-refractivity contribution in [3.63, 3.8) is 0 Å². The van der Waals surface area contributed by atoms with Crippen LogP contribution in [0.4, 0.5) is 11.4 Å². The second kappa shape index (κ2) is 9.45. The van der Waals surface area contributed by atoms with Gasteiger partial charge in [-0.3, -0.25) is 19.2 Å².